The quantitative estimate of drug-likeness (QED) is 0.660. The number of rotatable bonds is 2. The monoisotopic (exact) mass is 276 g/mol. The Morgan fingerprint density at radius 3 is 2.50 bits per heavy atom. The maximum atomic E-state index is 13.5. The Morgan fingerprint density at radius 1 is 0.950 bits per heavy atom. The number of fused-ring (bicyclic) bond motifs is 1. The van der Waals surface area contributed by atoms with E-state index in [1.807, 2.05) is 0 Å². The second-order valence-electron chi connectivity index (χ2n) is 4.22. The van der Waals surface area contributed by atoms with Crippen LogP contribution in [-0.4, -0.2) is 5.78 Å². The van der Waals surface area contributed by atoms with Crippen molar-refractivity contribution in [2.24, 2.45) is 0 Å². The van der Waals surface area contributed by atoms with Gasteiger partial charge in [-0.1, -0.05) is 12.1 Å². The van der Waals surface area contributed by atoms with Crippen LogP contribution in [0.5, 0.6) is 0 Å². The molecule has 20 heavy (non-hydrogen) atoms. The van der Waals surface area contributed by atoms with Crippen molar-refractivity contribution in [1.29, 1.82) is 0 Å². The third-order valence-corrected chi connectivity index (χ3v) is 2.89. The molecule has 0 aliphatic carbocycles. The van der Waals surface area contributed by atoms with Gasteiger partial charge in [0, 0.05) is 5.39 Å². The van der Waals surface area contributed by atoms with Gasteiger partial charge in [-0.25, -0.2) is 13.2 Å². The Kier molecular flexibility index (Phi) is 2.82. The van der Waals surface area contributed by atoms with E-state index in [0.717, 1.165) is 18.2 Å². The molecule has 0 saturated carbocycles. The van der Waals surface area contributed by atoms with Gasteiger partial charge in [0.15, 0.2) is 17.2 Å². The first-order valence-electron chi connectivity index (χ1n) is 5.74. The highest BCUT2D eigenvalue weighted by molar-refractivity contribution is 6.09. The van der Waals surface area contributed by atoms with Crippen molar-refractivity contribution in [2.45, 2.75) is 0 Å². The minimum Gasteiger partial charge on any atom is -0.449 e. The van der Waals surface area contributed by atoms with Gasteiger partial charge in [0.1, 0.15) is 11.6 Å². The third kappa shape index (κ3) is 1.97. The molecule has 0 N–H and O–H groups in total. The summed E-state index contributed by atoms with van der Waals surface area (Å²) in [5.41, 5.74) is -0.544. The number of ketones is 1. The van der Waals surface area contributed by atoms with E-state index in [9.17, 15) is 18.0 Å². The van der Waals surface area contributed by atoms with Gasteiger partial charge in [0.25, 0.3) is 0 Å². The molecule has 1 heterocycles. The molecule has 1 aromatic heterocycles. The van der Waals surface area contributed by atoms with Gasteiger partial charge in [0.2, 0.25) is 5.78 Å². The number of hydrogen-bond donors (Lipinski definition) is 0. The first kappa shape index (κ1) is 12.5. The summed E-state index contributed by atoms with van der Waals surface area (Å²) in [6, 6.07) is 8.04. The lowest BCUT2D eigenvalue weighted by Crippen LogP contribution is -2.03. The summed E-state index contributed by atoms with van der Waals surface area (Å²) < 4.78 is 45.2. The molecule has 0 fully saturated rings. The first-order chi connectivity index (χ1) is 9.56. The average molecular weight is 276 g/mol. The highest BCUT2D eigenvalue weighted by Gasteiger charge is 2.20. The summed E-state index contributed by atoms with van der Waals surface area (Å²) in [5, 5.41) is 0.380. The highest BCUT2D eigenvalue weighted by Crippen LogP contribution is 2.24. The number of furan rings is 1. The summed E-state index contributed by atoms with van der Waals surface area (Å²) in [6.07, 6.45) is 0. The molecule has 100 valence electrons. The minimum atomic E-state index is -0.864. The fraction of sp³-hybridized carbons (Fsp3) is 0. The standard InChI is InChI=1S/C15H7F3O2/c16-9-4-5-11(17)10(7-9)14(19)13-6-8-2-1-3-12(18)15(8)20-13/h1-7H. The zero-order chi connectivity index (χ0) is 14.3. The second kappa shape index (κ2) is 4.52. The molecule has 0 aliphatic heterocycles. The molecule has 3 aromatic rings. The predicted molar refractivity (Wildman–Crippen MR) is 66.0 cm³/mol. The van der Waals surface area contributed by atoms with Gasteiger partial charge >= 0.3 is 0 Å². The van der Waals surface area contributed by atoms with Crippen LogP contribution in [0.2, 0.25) is 0 Å². The van der Waals surface area contributed by atoms with E-state index in [1.54, 1.807) is 6.07 Å². The maximum Gasteiger partial charge on any atom is 0.231 e. The van der Waals surface area contributed by atoms with Crippen LogP contribution < -0.4 is 0 Å². The van der Waals surface area contributed by atoms with E-state index >= 15 is 0 Å². The van der Waals surface area contributed by atoms with Crippen molar-refractivity contribution < 1.29 is 22.4 Å². The molecule has 0 atom stereocenters. The van der Waals surface area contributed by atoms with Crippen molar-refractivity contribution in [3.05, 3.63) is 71.2 Å². The molecule has 3 rings (SSSR count). The molecule has 2 nitrogen and oxygen atoms in total. The topological polar surface area (TPSA) is 30.2 Å². The lowest BCUT2D eigenvalue weighted by Gasteiger charge is -1.99. The Labute approximate surface area is 111 Å². The highest BCUT2D eigenvalue weighted by atomic mass is 19.1. The number of carbonyl (C=O) groups is 1. The molecule has 0 aliphatic rings. The van der Waals surface area contributed by atoms with E-state index in [2.05, 4.69) is 0 Å². The first-order valence-corrected chi connectivity index (χ1v) is 5.74. The Hall–Kier alpha value is -2.56. The van der Waals surface area contributed by atoms with Crippen molar-refractivity contribution in [2.75, 3.05) is 0 Å². The van der Waals surface area contributed by atoms with E-state index in [4.69, 9.17) is 4.42 Å². The maximum absolute atomic E-state index is 13.5. The van der Waals surface area contributed by atoms with Crippen LogP contribution in [0.4, 0.5) is 13.2 Å². The van der Waals surface area contributed by atoms with Gasteiger partial charge < -0.3 is 4.42 Å². The zero-order valence-corrected chi connectivity index (χ0v) is 9.99. The van der Waals surface area contributed by atoms with Gasteiger partial charge in [0.05, 0.1) is 5.56 Å². The normalized spacial score (nSPS) is 10.9. The number of halogens is 3. The Bertz CT molecular complexity index is 821. The molecule has 2 aromatic carbocycles. The zero-order valence-electron chi connectivity index (χ0n) is 9.99. The van der Waals surface area contributed by atoms with E-state index < -0.39 is 28.8 Å². The van der Waals surface area contributed by atoms with E-state index in [-0.39, 0.29) is 11.3 Å². The molecule has 0 bridgehead atoms. The van der Waals surface area contributed by atoms with Crippen LogP contribution in [0.1, 0.15) is 16.1 Å². The number of carbonyl (C=O) groups excluding carboxylic acids is 1. The lowest BCUT2D eigenvalue weighted by atomic mass is 10.1. The molecule has 0 amide bonds. The van der Waals surface area contributed by atoms with Gasteiger partial charge in [-0.3, -0.25) is 4.79 Å². The fourth-order valence-electron chi connectivity index (χ4n) is 1.94. The van der Waals surface area contributed by atoms with E-state index in [1.165, 1.54) is 18.2 Å². The molecule has 0 radical (unpaired) electrons. The SMILES string of the molecule is O=C(c1cc2cccc(F)c2o1)c1cc(F)ccc1F. The largest absolute Gasteiger partial charge is 0.449 e. The van der Waals surface area contributed by atoms with Crippen LogP contribution >= 0.6 is 0 Å². The predicted octanol–water partition coefficient (Wildman–Crippen LogP) is 4.08. The van der Waals surface area contributed by atoms with Crippen molar-refractivity contribution in [1.82, 2.24) is 0 Å². The van der Waals surface area contributed by atoms with Crippen LogP contribution in [-0.2, 0) is 0 Å². The number of benzene rings is 2. The molecule has 0 saturated heterocycles. The number of hydrogen-bond acceptors (Lipinski definition) is 2. The molecule has 0 unspecified atom stereocenters. The fourth-order valence-corrected chi connectivity index (χ4v) is 1.94. The van der Waals surface area contributed by atoms with Gasteiger partial charge in [-0.2, -0.15) is 0 Å². The molecular formula is C15H7F3O2. The van der Waals surface area contributed by atoms with Crippen molar-refractivity contribution >= 4 is 16.8 Å². The van der Waals surface area contributed by atoms with Gasteiger partial charge in [-0.15, -0.1) is 0 Å². The number of para-hydroxylation sites is 1. The summed E-state index contributed by atoms with van der Waals surface area (Å²) in [4.78, 5) is 12.1. The Balaban J connectivity index is 2.13. The van der Waals surface area contributed by atoms with Crippen LogP contribution in [0.3, 0.4) is 0 Å². The molecule has 0 spiro atoms. The lowest BCUT2D eigenvalue weighted by molar-refractivity contribution is 0.101. The van der Waals surface area contributed by atoms with Crippen LogP contribution in [0.25, 0.3) is 11.0 Å². The van der Waals surface area contributed by atoms with Crippen molar-refractivity contribution in [3.63, 3.8) is 0 Å². The van der Waals surface area contributed by atoms with Crippen LogP contribution in [0, 0.1) is 17.5 Å². The summed E-state index contributed by atoms with van der Waals surface area (Å²) in [5.74, 6) is -3.30. The van der Waals surface area contributed by atoms with E-state index in [0.29, 0.717) is 5.39 Å². The average Bonchev–Trinajstić information content (AvgIpc) is 2.86. The van der Waals surface area contributed by atoms with Crippen molar-refractivity contribution in [3.8, 4) is 0 Å². The summed E-state index contributed by atoms with van der Waals surface area (Å²) >= 11 is 0. The molecular weight excluding hydrogens is 269 g/mol. The summed E-state index contributed by atoms with van der Waals surface area (Å²) in [7, 11) is 0. The smallest absolute Gasteiger partial charge is 0.231 e. The second-order valence-corrected chi connectivity index (χ2v) is 4.22. The minimum absolute atomic E-state index is 0.0901. The molecule has 5 heteroatoms. The Morgan fingerprint density at radius 2 is 1.75 bits per heavy atom. The third-order valence-electron chi connectivity index (χ3n) is 2.89. The summed E-state index contributed by atoms with van der Waals surface area (Å²) in [6.45, 7) is 0. The van der Waals surface area contributed by atoms with Crippen LogP contribution in [0.15, 0.2) is 46.9 Å². The van der Waals surface area contributed by atoms with Gasteiger partial charge in [-0.05, 0) is 30.3 Å².